The number of urea groups is 1. The Morgan fingerprint density at radius 1 is 1.35 bits per heavy atom. The van der Waals surface area contributed by atoms with Gasteiger partial charge in [-0.15, -0.1) is 0 Å². The van der Waals surface area contributed by atoms with Crippen molar-refractivity contribution in [1.82, 2.24) is 4.90 Å². The molecule has 1 rings (SSSR count). The van der Waals surface area contributed by atoms with Crippen molar-refractivity contribution >= 4 is 17.7 Å². The van der Waals surface area contributed by atoms with Crippen LogP contribution >= 0.6 is 0 Å². The highest BCUT2D eigenvalue weighted by molar-refractivity contribution is 5.93. The molecule has 3 N–H and O–H groups in total. The van der Waals surface area contributed by atoms with E-state index in [1.165, 1.54) is 7.05 Å². The standard InChI is InChI=1S/C12H14F2N2O4/c1-6(5-17)16(2)12(20)15-10-3-7(11(18)19)8(13)4-9(10)14/h3-4,6,17H,5H2,1-2H3,(H,15,20)(H,18,19). The number of carbonyl (C=O) groups excluding carboxylic acids is 1. The highest BCUT2D eigenvalue weighted by Gasteiger charge is 2.19. The maximum absolute atomic E-state index is 13.5. The van der Waals surface area contributed by atoms with Crippen molar-refractivity contribution in [3.63, 3.8) is 0 Å². The molecule has 0 aliphatic carbocycles. The molecule has 6 nitrogen and oxygen atoms in total. The first-order valence-electron chi connectivity index (χ1n) is 5.65. The van der Waals surface area contributed by atoms with Gasteiger partial charge in [0.05, 0.1) is 23.9 Å². The van der Waals surface area contributed by atoms with Crippen LogP contribution in [0.1, 0.15) is 17.3 Å². The third kappa shape index (κ3) is 3.41. The molecule has 2 amide bonds. The van der Waals surface area contributed by atoms with E-state index in [-0.39, 0.29) is 6.61 Å². The van der Waals surface area contributed by atoms with Crippen molar-refractivity contribution in [2.24, 2.45) is 0 Å². The van der Waals surface area contributed by atoms with E-state index in [2.05, 4.69) is 5.32 Å². The summed E-state index contributed by atoms with van der Waals surface area (Å²) in [6.07, 6.45) is 0. The van der Waals surface area contributed by atoms with Gasteiger partial charge in [0, 0.05) is 13.1 Å². The second kappa shape index (κ2) is 6.29. The number of benzene rings is 1. The number of halogens is 2. The summed E-state index contributed by atoms with van der Waals surface area (Å²) in [6.45, 7) is 1.26. The first-order chi connectivity index (χ1) is 9.27. The van der Waals surface area contributed by atoms with Gasteiger partial charge < -0.3 is 20.4 Å². The Kier molecular flexibility index (Phi) is 4.98. The van der Waals surface area contributed by atoms with E-state index in [9.17, 15) is 18.4 Å². The number of carboxylic acids is 1. The molecule has 0 aromatic heterocycles. The van der Waals surface area contributed by atoms with Crippen LogP contribution in [-0.2, 0) is 0 Å². The van der Waals surface area contributed by atoms with E-state index in [0.29, 0.717) is 12.1 Å². The second-order valence-corrected chi connectivity index (χ2v) is 4.19. The molecular formula is C12H14F2N2O4. The van der Waals surface area contributed by atoms with Crippen LogP contribution in [0.15, 0.2) is 12.1 Å². The summed E-state index contributed by atoms with van der Waals surface area (Å²) in [5.41, 5.74) is -1.20. The van der Waals surface area contributed by atoms with E-state index < -0.39 is 40.9 Å². The summed E-state index contributed by atoms with van der Waals surface area (Å²) in [7, 11) is 1.37. The lowest BCUT2D eigenvalue weighted by molar-refractivity contribution is 0.0691. The molecule has 1 aromatic carbocycles. The van der Waals surface area contributed by atoms with Crippen molar-refractivity contribution in [3.8, 4) is 0 Å². The van der Waals surface area contributed by atoms with Gasteiger partial charge in [0.2, 0.25) is 0 Å². The molecule has 1 atom stereocenters. The lowest BCUT2D eigenvalue weighted by atomic mass is 10.2. The minimum absolute atomic E-state index is 0.295. The highest BCUT2D eigenvalue weighted by atomic mass is 19.1. The Balaban J connectivity index is 3.01. The minimum atomic E-state index is -1.57. The Hall–Kier alpha value is -2.22. The summed E-state index contributed by atoms with van der Waals surface area (Å²) in [5, 5.41) is 19.8. The summed E-state index contributed by atoms with van der Waals surface area (Å²) in [4.78, 5) is 23.6. The van der Waals surface area contributed by atoms with Crippen LogP contribution in [0, 0.1) is 11.6 Å². The molecule has 0 aliphatic rings. The molecule has 8 heteroatoms. The first-order valence-corrected chi connectivity index (χ1v) is 5.65. The third-order valence-corrected chi connectivity index (χ3v) is 2.77. The summed E-state index contributed by atoms with van der Waals surface area (Å²) in [6, 6.07) is -0.192. The number of aliphatic hydroxyl groups excluding tert-OH is 1. The van der Waals surface area contributed by atoms with Crippen molar-refractivity contribution in [2.45, 2.75) is 13.0 Å². The lowest BCUT2D eigenvalue weighted by Crippen LogP contribution is -2.40. The fourth-order valence-corrected chi connectivity index (χ4v) is 1.33. The summed E-state index contributed by atoms with van der Waals surface area (Å²) in [5.74, 6) is -3.90. The van der Waals surface area contributed by atoms with Gasteiger partial charge in [-0.1, -0.05) is 0 Å². The van der Waals surface area contributed by atoms with Gasteiger partial charge in [-0.2, -0.15) is 0 Å². The number of aromatic carboxylic acids is 1. The molecule has 20 heavy (non-hydrogen) atoms. The van der Waals surface area contributed by atoms with Gasteiger partial charge in [-0.25, -0.2) is 18.4 Å². The fraction of sp³-hybridized carbons (Fsp3) is 0.333. The number of carboxylic acid groups (broad SMARTS) is 1. The molecule has 0 fully saturated rings. The average Bonchev–Trinajstić information content (AvgIpc) is 2.39. The number of nitrogens with zero attached hydrogens (tertiary/aromatic N) is 1. The molecule has 0 saturated heterocycles. The SMILES string of the molecule is CC(CO)N(C)C(=O)Nc1cc(C(=O)O)c(F)cc1F. The molecule has 0 saturated carbocycles. The summed E-state index contributed by atoms with van der Waals surface area (Å²) < 4.78 is 26.7. The molecule has 1 unspecified atom stereocenters. The smallest absolute Gasteiger partial charge is 0.338 e. The molecule has 1 aromatic rings. The Bertz CT molecular complexity index is 536. The van der Waals surface area contributed by atoms with Crippen LogP contribution in [0.2, 0.25) is 0 Å². The van der Waals surface area contributed by atoms with E-state index in [0.717, 1.165) is 4.90 Å². The van der Waals surface area contributed by atoms with Gasteiger partial charge in [0.1, 0.15) is 11.6 Å². The maximum atomic E-state index is 13.5. The van der Waals surface area contributed by atoms with E-state index in [1.807, 2.05) is 0 Å². The minimum Gasteiger partial charge on any atom is -0.478 e. The number of nitrogens with one attached hydrogen (secondary N) is 1. The number of hydrogen-bond acceptors (Lipinski definition) is 3. The largest absolute Gasteiger partial charge is 0.478 e. The predicted octanol–water partition coefficient (Wildman–Crippen LogP) is 1.51. The number of likely N-dealkylation sites (N-methyl/N-ethyl adjacent to an activating group) is 1. The van der Waals surface area contributed by atoms with Crippen LogP contribution in [0.5, 0.6) is 0 Å². The number of amides is 2. The number of hydrogen-bond donors (Lipinski definition) is 3. The van der Waals surface area contributed by atoms with Crippen LogP contribution in [0.3, 0.4) is 0 Å². The third-order valence-electron chi connectivity index (χ3n) is 2.77. The zero-order chi connectivity index (χ0) is 15.4. The van der Waals surface area contributed by atoms with Gasteiger partial charge in [0.15, 0.2) is 0 Å². The molecule has 0 bridgehead atoms. The van der Waals surface area contributed by atoms with Crippen LogP contribution in [-0.4, -0.2) is 46.8 Å². The van der Waals surface area contributed by atoms with Crippen molar-refractivity contribution < 1.29 is 28.6 Å². The lowest BCUT2D eigenvalue weighted by Gasteiger charge is -2.23. The fourth-order valence-electron chi connectivity index (χ4n) is 1.33. The van der Waals surface area contributed by atoms with Gasteiger partial charge in [-0.3, -0.25) is 0 Å². The van der Waals surface area contributed by atoms with Crippen LogP contribution in [0.4, 0.5) is 19.3 Å². The zero-order valence-corrected chi connectivity index (χ0v) is 10.9. The normalized spacial score (nSPS) is 11.8. The quantitative estimate of drug-likeness (QED) is 0.783. The van der Waals surface area contributed by atoms with Gasteiger partial charge in [-0.05, 0) is 13.0 Å². The Morgan fingerprint density at radius 3 is 2.45 bits per heavy atom. The maximum Gasteiger partial charge on any atom is 0.338 e. The molecule has 0 aliphatic heterocycles. The first kappa shape index (κ1) is 15.8. The molecule has 0 spiro atoms. The van der Waals surface area contributed by atoms with Crippen molar-refractivity contribution in [3.05, 3.63) is 29.3 Å². The number of aliphatic hydroxyl groups is 1. The average molecular weight is 288 g/mol. The number of carbonyl (C=O) groups is 2. The molecule has 0 radical (unpaired) electrons. The Labute approximate surface area is 113 Å². The van der Waals surface area contributed by atoms with Crippen LogP contribution in [0.25, 0.3) is 0 Å². The van der Waals surface area contributed by atoms with E-state index >= 15 is 0 Å². The van der Waals surface area contributed by atoms with Gasteiger partial charge in [0.25, 0.3) is 0 Å². The van der Waals surface area contributed by atoms with Crippen molar-refractivity contribution in [2.75, 3.05) is 19.0 Å². The molecule has 0 heterocycles. The van der Waals surface area contributed by atoms with E-state index in [4.69, 9.17) is 10.2 Å². The number of rotatable bonds is 4. The zero-order valence-electron chi connectivity index (χ0n) is 10.9. The second-order valence-electron chi connectivity index (χ2n) is 4.19. The van der Waals surface area contributed by atoms with Crippen molar-refractivity contribution in [1.29, 1.82) is 0 Å². The highest BCUT2D eigenvalue weighted by Crippen LogP contribution is 2.20. The number of anilines is 1. The monoisotopic (exact) mass is 288 g/mol. The Morgan fingerprint density at radius 2 is 1.95 bits per heavy atom. The topological polar surface area (TPSA) is 89.9 Å². The summed E-state index contributed by atoms with van der Waals surface area (Å²) >= 11 is 0. The molecule has 110 valence electrons. The van der Waals surface area contributed by atoms with E-state index in [1.54, 1.807) is 6.92 Å². The predicted molar refractivity (Wildman–Crippen MR) is 66.6 cm³/mol. The van der Waals surface area contributed by atoms with Crippen LogP contribution < -0.4 is 5.32 Å². The van der Waals surface area contributed by atoms with Gasteiger partial charge >= 0.3 is 12.0 Å². The molecular weight excluding hydrogens is 274 g/mol.